The number of hydrogen-bond acceptors (Lipinski definition) is 2. The zero-order valence-electron chi connectivity index (χ0n) is 9.76. The van der Waals surface area contributed by atoms with Crippen LogP contribution in [-0.2, 0) is 9.53 Å². The Kier molecular flexibility index (Phi) is 3.89. The Morgan fingerprint density at radius 2 is 1.93 bits per heavy atom. The zero-order chi connectivity index (χ0) is 11.4. The van der Waals surface area contributed by atoms with E-state index >= 15 is 0 Å². The van der Waals surface area contributed by atoms with Gasteiger partial charge in [0.15, 0.2) is 0 Å². The summed E-state index contributed by atoms with van der Waals surface area (Å²) in [6.07, 6.45) is 0. The van der Waals surface area contributed by atoms with E-state index in [1.54, 1.807) is 0 Å². The summed E-state index contributed by atoms with van der Waals surface area (Å²) in [5.41, 5.74) is 3.12. The normalized spacial score (nSPS) is 12.3. The van der Waals surface area contributed by atoms with Gasteiger partial charge in [0.05, 0.1) is 12.5 Å². The number of rotatable bonds is 3. The standard InChI is InChI=1S/C13H17O2/c1-5-15-13(14)11(4)12-7-9(2)6-10(3)8-12/h7-8,11H,5H2,1-4H3. The molecule has 1 rings (SSSR count). The first-order chi connectivity index (χ1) is 7.04. The molecule has 0 spiro atoms. The summed E-state index contributed by atoms with van der Waals surface area (Å²) in [5.74, 6) is -0.362. The number of carbonyl (C=O) groups is 1. The minimum Gasteiger partial charge on any atom is -0.466 e. The first-order valence-electron chi connectivity index (χ1n) is 5.21. The van der Waals surface area contributed by atoms with Gasteiger partial charge in [-0.1, -0.05) is 12.1 Å². The number of benzene rings is 1. The SMILES string of the molecule is CCOC(=O)C(C)c1cc(C)[c]c(C)c1. The van der Waals surface area contributed by atoms with Crippen LogP contribution >= 0.6 is 0 Å². The Hall–Kier alpha value is -1.31. The van der Waals surface area contributed by atoms with Crippen molar-refractivity contribution >= 4 is 5.97 Å². The topological polar surface area (TPSA) is 26.3 Å². The number of ether oxygens (including phenoxy) is 1. The average Bonchev–Trinajstić information content (AvgIpc) is 2.15. The predicted molar refractivity (Wildman–Crippen MR) is 59.8 cm³/mol. The largest absolute Gasteiger partial charge is 0.466 e. The summed E-state index contributed by atoms with van der Waals surface area (Å²) >= 11 is 0. The van der Waals surface area contributed by atoms with Gasteiger partial charge in [-0.2, -0.15) is 0 Å². The highest BCUT2D eigenvalue weighted by atomic mass is 16.5. The lowest BCUT2D eigenvalue weighted by Crippen LogP contribution is -2.13. The molecule has 81 valence electrons. The second kappa shape index (κ2) is 4.96. The first-order valence-corrected chi connectivity index (χ1v) is 5.21. The molecule has 0 heterocycles. The minimum absolute atomic E-state index is 0.164. The van der Waals surface area contributed by atoms with Crippen LogP contribution in [0.15, 0.2) is 12.1 Å². The molecule has 0 aliphatic rings. The molecule has 2 heteroatoms. The molecule has 1 aromatic carbocycles. The highest BCUT2D eigenvalue weighted by Gasteiger charge is 2.16. The third-order valence-electron chi connectivity index (χ3n) is 2.30. The Bertz CT molecular complexity index is 335. The van der Waals surface area contributed by atoms with Crippen LogP contribution in [-0.4, -0.2) is 12.6 Å². The van der Waals surface area contributed by atoms with Crippen LogP contribution in [0.4, 0.5) is 0 Å². The van der Waals surface area contributed by atoms with Gasteiger partial charge in [-0.25, -0.2) is 0 Å². The second-order valence-corrected chi connectivity index (χ2v) is 3.75. The molecule has 0 aromatic heterocycles. The van der Waals surface area contributed by atoms with Crippen molar-refractivity contribution in [1.82, 2.24) is 0 Å². The van der Waals surface area contributed by atoms with Crippen LogP contribution in [0, 0.1) is 19.9 Å². The fraction of sp³-hybridized carbons (Fsp3) is 0.462. The molecule has 15 heavy (non-hydrogen) atoms. The van der Waals surface area contributed by atoms with Crippen LogP contribution in [0.5, 0.6) is 0 Å². The van der Waals surface area contributed by atoms with E-state index in [0.29, 0.717) is 6.61 Å². The summed E-state index contributed by atoms with van der Waals surface area (Å²) in [6, 6.07) is 7.15. The lowest BCUT2D eigenvalue weighted by molar-refractivity contribution is -0.144. The predicted octanol–water partition coefficient (Wildman–Crippen LogP) is 2.77. The van der Waals surface area contributed by atoms with E-state index in [0.717, 1.165) is 16.7 Å². The summed E-state index contributed by atoms with van der Waals surface area (Å²) in [5, 5.41) is 0. The highest BCUT2D eigenvalue weighted by molar-refractivity contribution is 5.77. The monoisotopic (exact) mass is 205 g/mol. The Morgan fingerprint density at radius 3 is 2.40 bits per heavy atom. The summed E-state index contributed by atoms with van der Waals surface area (Å²) < 4.78 is 4.99. The summed E-state index contributed by atoms with van der Waals surface area (Å²) in [7, 11) is 0. The van der Waals surface area contributed by atoms with E-state index in [1.807, 2.05) is 39.8 Å². The molecule has 0 amide bonds. The summed E-state index contributed by atoms with van der Waals surface area (Å²) in [4.78, 5) is 11.5. The van der Waals surface area contributed by atoms with Crippen molar-refractivity contribution in [2.45, 2.75) is 33.6 Å². The zero-order valence-corrected chi connectivity index (χ0v) is 9.76. The molecular formula is C13H17O2. The molecule has 1 atom stereocenters. The smallest absolute Gasteiger partial charge is 0.313 e. The second-order valence-electron chi connectivity index (χ2n) is 3.75. The van der Waals surface area contributed by atoms with E-state index < -0.39 is 0 Å². The van der Waals surface area contributed by atoms with Gasteiger partial charge in [0, 0.05) is 0 Å². The van der Waals surface area contributed by atoms with Crippen molar-refractivity contribution < 1.29 is 9.53 Å². The molecule has 0 aliphatic heterocycles. The fourth-order valence-corrected chi connectivity index (χ4v) is 1.58. The van der Waals surface area contributed by atoms with E-state index in [4.69, 9.17) is 4.74 Å². The molecule has 1 aromatic rings. The number of aryl methyl sites for hydroxylation is 2. The van der Waals surface area contributed by atoms with Crippen LogP contribution in [0.25, 0.3) is 0 Å². The molecule has 0 saturated carbocycles. The molecule has 1 unspecified atom stereocenters. The Morgan fingerprint density at radius 1 is 1.40 bits per heavy atom. The van der Waals surface area contributed by atoms with Gasteiger partial charge in [-0.05, 0) is 50.5 Å². The van der Waals surface area contributed by atoms with Gasteiger partial charge in [-0.3, -0.25) is 4.79 Å². The maximum Gasteiger partial charge on any atom is 0.313 e. The third-order valence-corrected chi connectivity index (χ3v) is 2.30. The quantitative estimate of drug-likeness (QED) is 0.709. The Balaban J connectivity index is 2.90. The van der Waals surface area contributed by atoms with E-state index in [1.165, 1.54) is 0 Å². The number of hydrogen-bond donors (Lipinski definition) is 0. The molecule has 0 saturated heterocycles. The fourth-order valence-electron chi connectivity index (χ4n) is 1.58. The molecule has 1 radical (unpaired) electrons. The Labute approximate surface area is 91.3 Å². The van der Waals surface area contributed by atoms with Crippen molar-refractivity contribution in [2.75, 3.05) is 6.61 Å². The molecule has 0 N–H and O–H groups in total. The average molecular weight is 205 g/mol. The van der Waals surface area contributed by atoms with Crippen molar-refractivity contribution in [3.63, 3.8) is 0 Å². The minimum atomic E-state index is -0.197. The van der Waals surface area contributed by atoms with Crippen molar-refractivity contribution in [3.8, 4) is 0 Å². The van der Waals surface area contributed by atoms with Gasteiger partial charge in [0.2, 0.25) is 0 Å². The van der Waals surface area contributed by atoms with E-state index in [9.17, 15) is 4.79 Å². The number of esters is 1. The first kappa shape index (κ1) is 11.8. The molecule has 0 fully saturated rings. The molecule has 2 nitrogen and oxygen atoms in total. The van der Waals surface area contributed by atoms with Crippen LogP contribution in [0.1, 0.15) is 36.5 Å². The van der Waals surface area contributed by atoms with E-state index in [2.05, 4.69) is 6.07 Å². The van der Waals surface area contributed by atoms with Gasteiger partial charge >= 0.3 is 5.97 Å². The molecule has 0 bridgehead atoms. The van der Waals surface area contributed by atoms with Crippen molar-refractivity contribution in [3.05, 3.63) is 34.9 Å². The van der Waals surface area contributed by atoms with Gasteiger partial charge < -0.3 is 4.74 Å². The van der Waals surface area contributed by atoms with Gasteiger partial charge in [-0.15, -0.1) is 0 Å². The van der Waals surface area contributed by atoms with Gasteiger partial charge in [0.25, 0.3) is 0 Å². The van der Waals surface area contributed by atoms with Crippen LogP contribution in [0.3, 0.4) is 0 Å². The van der Waals surface area contributed by atoms with Crippen molar-refractivity contribution in [2.24, 2.45) is 0 Å². The molecule has 0 aliphatic carbocycles. The highest BCUT2D eigenvalue weighted by Crippen LogP contribution is 2.19. The van der Waals surface area contributed by atoms with Gasteiger partial charge in [0.1, 0.15) is 0 Å². The number of carbonyl (C=O) groups excluding carboxylic acids is 1. The lowest BCUT2D eigenvalue weighted by atomic mass is 9.97. The van der Waals surface area contributed by atoms with Crippen LogP contribution in [0.2, 0.25) is 0 Å². The maximum atomic E-state index is 11.5. The maximum absolute atomic E-state index is 11.5. The summed E-state index contributed by atoms with van der Waals surface area (Å²) in [6.45, 7) is 8.08. The van der Waals surface area contributed by atoms with Crippen molar-refractivity contribution in [1.29, 1.82) is 0 Å². The molecular weight excluding hydrogens is 188 g/mol. The van der Waals surface area contributed by atoms with E-state index in [-0.39, 0.29) is 11.9 Å². The third kappa shape index (κ3) is 3.08. The van der Waals surface area contributed by atoms with Crippen LogP contribution < -0.4 is 0 Å². The lowest BCUT2D eigenvalue weighted by Gasteiger charge is -2.12.